The fourth-order valence-corrected chi connectivity index (χ4v) is 4.36. The molecule has 4 rings (SSSR count). The van der Waals surface area contributed by atoms with E-state index in [1.807, 2.05) is 36.7 Å². The molecule has 190 valence electrons. The van der Waals surface area contributed by atoms with Crippen LogP contribution in [0.1, 0.15) is 18.4 Å². The molecule has 9 heteroatoms. The highest BCUT2D eigenvalue weighted by molar-refractivity contribution is 5.85. The smallest absolute Gasteiger partial charge is 0.203 e. The second kappa shape index (κ2) is 13.4. The Morgan fingerprint density at radius 2 is 1.51 bits per heavy atom. The third-order valence-electron chi connectivity index (χ3n) is 6.05. The van der Waals surface area contributed by atoms with Crippen molar-refractivity contribution in [1.82, 2.24) is 10.3 Å². The largest absolute Gasteiger partial charge is 0.493 e. The van der Waals surface area contributed by atoms with Gasteiger partial charge in [0.1, 0.15) is 5.82 Å². The molecular weight excluding hydrogens is 492 g/mol. The van der Waals surface area contributed by atoms with Crippen molar-refractivity contribution in [3.05, 3.63) is 66.2 Å². The Bertz CT molecular complexity index is 1050. The number of hydrogen-bond donors (Lipinski definition) is 1. The van der Waals surface area contributed by atoms with E-state index in [4.69, 9.17) is 14.2 Å². The van der Waals surface area contributed by atoms with Gasteiger partial charge in [-0.05, 0) is 79.5 Å². The zero-order chi connectivity index (χ0) is 23.2. The van der Waals surface area contributed by atoms with Crippen molar-refractivity contribution in [3.63, 3.8) is 0 Å². The van der Waals surface area contributed by atoms with Gasteiger partial charge in [-0.1, -0.05) is 0 Å². The number of methoxy groups -OCH3 is 3. The van der Waals surface area contributed by atoms with E-state index in [-0.39, 0.29) is 30.6 Å². The minimum atomic E-state index is -0.227. The molecule has 1 aliphatic heterocycles. The highest BCUT2D eigenvalue weighted by atomic mass is 35.5. The first-order valence-corrected chi connectivity index (χ1v) is 11.1. The average Bonchev–Trinajstić information content (AvgIpc) is 2.87. The van der Waals surface area contributed by atoms with E-state index in [1.54, 1.807) is 21.3 Å². The molecular formula is C26H32Cl2FN3O3. The first-order chi connectivity index (χ1) is 16.1. The van der Waals surface area contributed by atoms with E-state index >= 15 is 0 Å². The summed E-state index contributed by atoms with van der Waals surface area (Å²) in [6.07, 6.45) is 5.80. The van der Waals surface area contributed by atoms with E-state index in [2.05, 4.69) is 21.3 Å². The second-order valence-electron chi connectivity index (χ2n) is 8.08. The van der Waals surface area contributed by atoms with Crippen LogP contribution in [0.25, 0.3) is 11.1 Å². The van der Waals surface area contributed by atoms with Crippen LogP contribution in [-0.2, 0) is 6.54 Å². The second-order valence-corrected chi connectivity index (χ2v) is 8.08. The highest BCUT2D eigenvalue weighted by Gasteiger charge is 2.22. The van der Waals surface area contributed by atoms with Crippen LogP contribution in [0, 0.1) is 5.82 Å². The Morgan fingerprint density at radius 1 is 0.886 bits per heavy atom. The molecule has 1 N–H and O–H groups in total. The SMILES string of the molecule is COc1cc(-c2cncc(CN(c3ccc(F)cc3)C3CCNCC3)c2)cc(OC)c1OC.Cl.Cl. The van der Waals surface area contributed by atoms with E-state index in [1.165, 1.54) is 12.1 Å². The number of hydrogen-bond acceptors (Lipinski definition) is 6. The van der Waals surface area contributed by atoms with Crippen LogP contribution in [0.2, 0.25) is 0 Å². The lowest BCUT2D eigenvalue weighted by atomic mass is 10.0. The molecule has 1 saturated heterocycles. The average molecular weight is 524 g/mol. The van der Waals surface area contributed by atoms with Gasteiger partial charge in [-0.2, -0.15) is 0 Å². The van der Waals surface area contributed by atoms with Crippen molar-refractivity contribution in [2.75, 3.05) is 39.3 Å². The zero-order valence-corrected chi connectivity index (χ0v) is 21.8. The van der Waals surface area contributed by atoms with Gasteiger partial charge in [-0.15, -0.1) is 24.8 Å². The summed E-state index contributed by atoms with van der Waals surface area (Å²) >= 11 is 0. The molecule has 0 atom stereocenters. The molecule has 0 aliphatic carbocycles. The van der Waals surface area contributed by atoms with Crippen molar-refractivity contribution in [3.8, 4) is 28.4 Å². The van der Waals surface area contributed by atoms with Crippen molar-refractivity contribution >= 4 is 30.5 Å². The fraction of sp³-hybridized carbons (Fsp3) is 0.346. The van der Waals surface area contributed by atoms with Crippen LogP contribution in [0.5, 0.6) is 17.2 Å². The maximum Gasteiger partial charge on any atom is 0.203 e. The summed E-state index contributed by atoms with van der Waals surface area (Å²) in [5, 5.41) is 3.42. The van der Waals surface area contributed by atoms with Gasteiger partial charge in [-0.3, -0.25) is 4.98 Å². The fourth-order valence-electron chi connectivity index (χ4n) is 4.36. The topological polar surface area (TPSA) is 55.9 Å². The summed E-state index contributed by atoms with van der Waals surface area (Å²) in [4.78, 5) is 6.87. The van der Waals surface area contributed by atoms with Crippen molar-refractivity contribution < 1.29 is 18.6 Å². The lowest BCUT2D eigenvalue weighted by Crippen LogP contribution is -2.43. The molecule has 3 aromatic rings. The van der Waals surface area contributed by atoms with Crippen molar-refractivity contribution in [2.24, 2.45) is 0 Å². The Hall–Kier alpha value is -2.74. The van der Waals surface area contributed by atoms with Crippen LogP contribution in [0.15, 0.2) is 54.9 Å². The van der Waals surface area contributed by atoms with Gasteiger partial charge in [-0.25, -0.2) is 4.39 Å². The number of anilines is 1. The van der Waals surface area contributed by atoms with Crippen LogP contribution in [0.4, 0.5) is 10.1 Å². The van der Waals surface area contributed by atoms with Gasteiger partial charge >= 0.3 is 0 Å². The van der Waals surface area contributed by atoms with Gasteiger partial charge in [0.2, 0.25) is 5.75 Å². The monoisotopic (exact) mass is 523 g/mol. The number of nitrogens with one attached hydrogen (secondary N) is 1. The Balaban J connectivity index is 0.00000216. The maximum atomic E-state index is 13.6. The lowest BCUT2D eigenvalue weighted by molar-refractivity contribution is 0.324. The number of piperidine rings is 1. The van der Waals surface area contributed by atoms with Crippen molar-refractivity contribution in [1.29, 1.82) is 0 Å². The highest BCUT2D eigenvalue weighted by Crippen LogP contribution is 2.41. The van der Waals surface area contributed by atoms with Gasteiger partial charge in [0.25, 0.3) is 0 Å². The van der Waals surface area contributed by atoms with Gasteiger partial charge in [0.15, 0.2) is 11.5 Å². The van der Waals surface area contributed by atoms with Gasteiger partial charge in [0.05, 0.1) is 21.3 Å². The summed E-state index contributed by atoms with van der Waals surface area (Å²) in [5.74, 6) is 1.52. The molecule has 35 heavy (non-hydrogen) atoms. The van der Waals surface area contributed by atoms with Crippen LogP contribution < -0.4 is 24.4 Å². The molecule has 0 bridgehead atoms. The molecule has 1 aliphatic rings. The summed E-state index contributed by atoms with van der Waals surface area (Å²) in [7, 11) is 4.80. The van der Waals surface area contributed by atoms with Crippen LogP contribution >= 0.6 is 24.8 Å². The molecule has 0 unspecified atom stereocenters. The predicted octanol–water partition coefficient (Wildman–Crippen LogP) is 5.52. The summed E-state index contributed by atoms with van der Waals surface area (Å²) < 4.78 is 30.0. The number of halogens is 3. The summed E-state index contributed by atoms with van der Waals surface area (Å²) in [6.45, 7) is 2.64. The summed E-state index contributed by atoms with van der Waals surface area (Å²) in [5.41, 5.74) is 3.97. The van der Waals surface area contributed by atoms with Crippen LogP contribution in [0.3, 0.4) is 0 Å². The number of ether oxygens (including phenoxy) is 3. The molecule has 1 fully saturated rings. The van der Waals surface area contributed by atoms with Gasteiger partial charge < -0.3 is 24.4 Å². The van der Waals surface area contributed by atoms with Crippen LogP contribution in [-0.4, -0.2) is 45.4 Å². The molecule has 0 radical (unpaired) electrons. The maximum absolute atomic E-state index is 13.6. The molecule has 2 aromatic carbocycles. The number of nitrogens with zero attached hydrogens (tertiary/aromatic N) is 2. The number of benzene rings is 2. The third-order valence-corrected chi connectivity index (χ3v) is 6.05. The third kappa shape index (κ3) is 6.69. The lowest BCUT2D eigenvalue weighted by Gasteiger charge is -2.36. The molecule has 0 spiro atoms. The quantitative estimate of drug-likeness (QED) is 0.419. The molecule has 2 heterocycles. The first-order valence-electron chi connectivity index (χ1n) is 11.1. The summed E-state index contributed by atoms with van der Waals surface area (Å²) in [6, 6.07) is 13.1. The van der Waals surface area contributed by atoms with E-state index in [0.29, 0.717) is 29.8 Å². The Labute approximate surface area is 218 Å². The number of pyridine rings is 1. The number of rotatable bonds is 8. The van der Waals surface area contributed by atoms with E-state index in [9.17, 15) is 4.39 Å². The standard InChI is InChI=1S/C26H30FN3O3.2ClH/c1-31-24-13-19(14-25(32-2)26(24)33-3)20-12-18(15-29-16-20)17-30(23-8-10-28-11-9-23)22-6-4-21(27)5-7-22;;/h4-7,12-16,23,28H,8-11,17H2,1-3H3;2*1H. The first kappa shape index (κ1) is 28.5. The Kier molecular flexibility index (Phi) is 10.9. The van der Waals surface area contributed by atoms with E-state index < -0.39 is 0 Å². The minimum absolute atomic E-state index is 0. The van der Waals surface area contributed by atoms with E-state index in [0.717, 1.165) is 48.3 Å². The van der Waals surface area contributed by atoms with Gasteiger partial charge in [0, 0.05) is 36.2 Å². The molecule has 6 nitrogen and oxygen atoms in total. The predicted molar refractivity (Wildman–Crippen MR) is 142 cm³/mol. The molecule has 0 amide bonds. The normalized spacial score (nSPS) is 13.3. The zero-order valence-electron chi connectivity index (χ0n) is 20.1. The molecule has 0 saturated carbocycles. The van der Waals surface area contributed by atoms with Crippen molar-refractivity contribution in [2.45, 2.75) is 25.4 Å². The molecule has 1 aromatic heterocycles. The number of aromatic nitrogens is 1. The Morgan fingerprint density at radius 3 is 2.09 bits per heavy atom. The minimum Gasteiger partial charge on any atom is -0.493 e.